The number of fused-ring (bicyclic) bond motifs is 1. The third-order valence-electron chi connectivity index (χ3n) is 3.44. The number of nitrogens with one attached hydrogen (secondary N) is 1. The van der Waals surface area contributed by atoms with Crippen LogP contribution in [0, 0.1) is 0 Å². The molecule has 1 N–H and O–H groups in total. The second-order valence-electron chi connectivity index (χ2n) is 5.22. The summed E-state index contributed by atoms with van der Waals surface area (Å²) >= 11 is 1.40. The molecule has 0 spiro atoms. The summed E-state index contributed by atoms with van der Waals surface area (Å²) in [5.41, 5.74) is 2.41. The molecule has 0 unspecified atom stereocenters. The molecule has 0 fully saturated rings. The molecule has 10 heteroatoms. The van der Waals surface area contributed by atoms with E-state index in [0.717, 1.165) is 16.2 Å². The van der Waals surface area contributed by atoms with Crippen LogP contribution in [-0.4, -0.2) is 31.2 Å². The van der Waals surface area contributed by atoms with Gasteiger partial charge in [0.25, 0.3) is 0 Å². The minimum absolute atomic E-state index is 0.0272. The van der Waals surface area contributed by atoms with Crippen LogP contribution >= 0.6 is 11.3 Å². The highest BCUT2D eigenvalue weighted by molar-refractivity contribution is 7.20. The van der Waals surface area contributed by atoms with Crippen molar-refractivity contribution in [3.8, 4) is 17.0 Å². The van der Waals surface area contributed by atoms with E-state index in [1.165, 1.54) is 23.6 Å². The first-order chi connectivity index (χ1) is 12.7. The van der Waals surface area contributed by atoms with Gasteiger partial charge in [0.15, 0.2) is 0 Å². The monoisotopic (exact) mass is 374 g/mol. The van der Waals surface area contributed by atoms with Crippen molar-refractivity contribution in [2.75, 3.05) is 5.32 Å². The van der Waals surface area contributed by atoms with Crippen molar-refractivity contribution in [2.45, 2.75) is 13.2 Å². The number of rotatable bonds is 6. The highest BCUT2D eigenvalue weighted by atomic mass is 32.1. The topological polar surface area (TPSA) is 77.2 Å². The van der Waals surface area contributed by atoms with Crippen LogP contribution in [0.15, 0.2) is 49.1 Å². The smallest absolute Gasteiger partial charge is 0.387 e. The van der Waals surface area contributed by atoms with E-state index >= 15 is 0 Å². The summed E-state index contributed by atoms with van der Waals surface area (Å²) in [6.45, 7) is -2.45. The largest absolute Gasteiger partial charge is 0.433 e. The molecule has 7 nitrogen and oxygen atoms in total. The van der Waals surface area contributed by atoms with Gasteiger partial charge in [0, 0.05) is 18.0 Å². The van der Waals surface area contributed by atoms with Gasteiger partial charge in [-0.05, 0) is 24.3 Å². The molecule has 0 radical (unpaired) electrons. The van der Waals surface area contributed by atoms with E-state index in [4.69, 9.17) is 0 Å². The molecule has 0 atom stereocenters. The molecule has 4 aromatic heterocycles. The minimum atomic E-state index is -2.86. The summed E-state index contributed by atoms with van der Waals surface area (Å²) in [6.07, 6.45) is 6.56. The molecule has 0 amide bonds. The molecular formula is C16H12F2N6OS. The van der Waals surface area contributed by atoms with E-state index in [-0.39, 0.29) is 5.75 Å². The number of pyridine rings is 2. The van der Waals surface area contributed by atoms with Crippen molar-refractivity contribution in [3.05, 3.63) is 54.7 Å². The Morgan fingerprint density at radius 1 is 1.23 bits per heavy atom. The summed E-state index contributed by atoms with van der Waals surface area (Å²) < 4.78 is 30.2. The minimum Gasteiger partial charge on any atom is -0.433 e. The molecule has 4 aromatic rings. The molecule has 132 valence electrons. The van der Waals surface area contributed by atoms with Crippen LogP contribution in [0.2, 0.25) is 0 Å². The molecule has 4 rings (SSSR count). The predicted octanol–water partition coefficient (Wildman–Crippen LogP) is 3.46. The maximum absolute atomic E-state index is 12.1. The zero-order chi connectivity index (χ0) is 17.9. The van der Waals surface area contributed by atoms with E-state index in [1.54, 1.807) is 23.0 Å². The molecule has 26 heavy (non-hydrogen) atoms. The van der Waals surface area contributed by atoms with Crippen LogP contribution in [0.5, 0.6) is 5.75 Å². The number of nitrogens with zero attached hydrogens (tertiary/aromatic N) is 5. The van der Waals surface area contributed by atoms with Gasteiger partial charge in [-0.3, -0.25) is 9.97 Å². The maximum atomic E-state index is 12.1. The summed E-state index contributed by atoms with van der Waals surface area (Å²) in [6, 6.07) is 6.86. The molecular weight excluding hydrogens is 362 g/mol. The fourth-order valence-electron chi connectivity index (χ4n) is 2.28. The molecule has 4 heterocycles. The number of halogens is 2. The van der Waals surface area contributed by atoms with Crippen molar-refractivity contribution >= 4 is 21.4 Å². The van der Waals surface area contributed by atoms with Crippen molar-refractivity contribution in [1.82, 2.24) is 24.6 Å². The summed E-state index contributed by atoms with van der Waals surface area (Å²) in [5, 5.41) is 8.24. The number of hydrogen-bond acceptors (Lipinski definition) is 7. The SMILES string of the molecule is FC(F)Oc1ccc(CNc2nn3cc(-c4cccnc4)nc3s2)nc1. The first-order valence-electron chi connectivity index (χ1n) is 7.57. The van der Waals surface area contributed by atoms with Gasteiger partial charge in [0.05, 0.1) is 30.3 Å². The highest BCUT2D eigenvalue weighted by Gasteiger charge is 2.10. The zero-order valence-electron chi connectivity index (χ0n) is 13.2. The predicted molar refractivity (Wildman–Crippen MR) is 92.3 cm³/mol. The standard InChI is InChI=1S/C16H12F2N6OS/c17-14(18)25-12-4-3-11(20-8-12)7-21-15-23-24-9-13(22-16(24)26-15)10-2-1-5-19-6-10/h1-6,8-9,14H,7H2,(H,21,23). The van der Waals surface area contributed by atoms with Crippen LogP contribution in [0.3, 0.4) is 0 Å². The fourth-order valence-corrected chi connectivity index (χ4v) is 3.06. The number of ether oxygens (including phenoxy) is 1. The second-order valence-corrected chi connectivity index (χ2v) is 6.18. The lowest BCUT2D eigenvalue weighted by Gasteiger charge is -2.05. The first kappa shape index (κ1) is 16.3. The third kappa shape index (κ3) is 3.59. The summed E-state index contributed by atoms with van der Waals surface area (Å²) in [4.78, 5) is 13.4. The second kappa shape index (κ2) is 7.00. The number of hydrogen-bond donors (Lipinski definition) is 1. The number of anilines is 1. The fraction of sp³-hybridized carbons (Fsp3) is 0.125. The van der Waals surface area contributed by atoms with Gasteiger partial charge in [0.1, 0.15) is 5.75 Å². The average molecular weight is 374 g/mol. The van der Waals surface area contributed by atoms with Crippen LogP contribution in [0.1, 0.15) is 5.69 Å². The Morgan fingerprint density at radius 2 is 2.15 bits per heavy atom. The van der Waals surface area contributed by atoms with Gasteiger partial charge in [-0.25, -0.2) is 9.50 Å². The number of aromatic nitrogens is 5. The van der Waals surface area contributed by atoms with E-state index in [0.29, 0.717) is 17.4 Å². The van der Waals surface area contributed by atoms with E-state index in [1.807, 2.05) is 18.3 Å². The van der Waals surface area contributed by atoms with Gasteiger partial charge >= 0.3 is 6.61 Å². The lowest BCUT2D eigenvalue weighted by molar-refractivity contribution is -0.0500. The molecule has 0 aliphatic heterocycles. The van der Waals surface area contributed by atoms with E-state index < -0.39 is 6.61 Å². The molecule has 0 aliphatic rings. The van der Waals surface area contributed by atoms with Gasteiger partial charge in [-0.1, -0.05) is 11.3 Å². The normalized spacial score (nSPS) is 11.2. The lowest BCUT2D eigenvalue weighted by Crippen LogP contribution is -2.04. The molecule has 0 aliphatic carbocycles. The van der Waals surface area contributed by atoms with Gasteiger partial charge in [-0.2, -0.15) is 8.78 Å². The summed E-state index contributed by atoms with van der Waals surface area (Å²) in [5.74, 6) is 0.0272. The number of alkyl halides is 2. The van der Waals surface area contributed by atoms with Gasteiger partial charge in [-0.15, -0.1) is 5.10 Å². The van der Waals surface area contributed by atoms with Crippen molar-refractivity contribution < 1.29 is 13.5 Å². The Morgan fingerprint density at radius 3 is 2.85 bits per heavy atom. The van der Waals surface area contributed by atoms with Crippen LogP contribution in [-0.2, 0) is 6.54 Å². The van der Waals surface area contributed by atoms with Crippen LogP contribution in [0.4, 0.5) is 13.9 Å². The van der Waals surface area contributed by atoms with Crippen LogP contribution < -0.4 is 10.1 Å². The molecule has 0 aromatic carbocycles. The maximum Gasteiger partial charge on any atom is 0.387 e. The summed E-state index contributed by atoms with van der Waals surface area (Å²) in [7, 11) is 0. The molecule has 0 saturated carbocycles. The Balaban J connectivity index is 1.42. The Hall–Kier alpha value is -3.14. The Labute approximate surface area is 150 Å². The van der Waals surface area contributed by atoms with Gasteiger partial charge in [0.2, 0.25) is 10.1 Å². The Bertz CT molecular complexity index is 971. The third-order valence-corrected chi connectivity index (χ3v) is 4.32. The lowest BCUT2D eigenvalue weighted by atomic mass is 10.2. The molecule has 0 bridgehead atoms. The first-order valence-corrected chi connectivity index (χ1v) is 8.39. The average Bonchev–Trinajstić information content (AvgIpc) is 3.20. The highest BCUT2D eigenvalue weighted by Crippen LogP contribution is 2.24. The van der Waals surface area contributed by atoms with Crippen molar-refractivity contribution in [2.24, 2.45) is 0 Å². The zero-order valence-corrected chi connectivity index (χ0v) is 14.0. The van der Waals surface area contributed by atoms with Crippen molar-refractivity contribution in [3.63, 3.8) is 0 Å². The van der Waals surface area contributed by atoms with E-state index in [2.05, 4.69) is 30.1 Å². The van der Waals surface area contributed by atoms with Gasteiger partial charge < -0.3 is 10.1 Å². The number of imidazole rings is 1. The van der Waals surface area contributed by atoms with Crippen molar-refractivity contribution in [1.29, 1.82) is 0 Å². The van der Waals surface area contributed by atoms with Crippen LogP contribution in [0.25, 0.3) is 16.2 Å². The van der Waals surface area contributed by atoms with E-state index in [9.17, 15) is 8.78 Å². The Kier molecular flexibility index (Phi) is 4.40. The quantitative estimate of drug-likeness (QED) is 0.557. The molecule has 0 saturated heterocycles.